The molecule has 68 valence electrons. The Bertz CT molecular complexity index is 219. The van der Waals surface area contributed by atoms with Gasteiger partial charge >= 0.3 is 5.97 Å². The molecule has 1 unspecified atom stereocenters. The second-order valence-corrected chi connectivity index (χ2v) is 2.57. The number of rotatable bonds is 1. The average Bonchev–Trinajstić information content (AvgIpc) is 1.94. The van der Waals surface area contributed by atoms with E-state index in [2.05, 4.69) is 0 Å². The second kappa shape index (κ2) is 3.58. The molecule has 1 aliphatic heterocycles. The van der Waals surface area contributed by atoms with Crippen molar-refractivity contribution in [3.8, 4) is 0 Å². The summed E-state index contributed by atoms with van der Waals surface area (Å²) in [5.41, 5.74) is 0. The van der Waals surface area contributed by atoms with Gasteiger partial charge < -0.3 is 14.2 Å². The molecule has 1 rings (SSSR count). The minimum atomic E-state index is -0.355. The molecule has 0 aromatic carbocycles. The first-order valence-electron chi connectivity index (χ1n) is 3.76. The summed E-state index contributed by atoms with van der Waals surface area (Å²) in [5.74, 6) is 0.718. The summed E-state index contributed by atoms with van der Waals surface area (Å²) < 4.78 is 15.1. The molecule has 0 fully saturated rings. The molecule has 0 amide bonds. The number of ether oxygens (including phenoxy) is 3. The first-order chi connectivity index (χ1) is 5.59. The predicted molar refractivity (Wildman–Crippen MR) is 41.0 cm³/mol. The summed E-state index contributed by atoms with van der Waals surface area (Å²) in [6.07, 6.45) is -0.260. The number of carbonyl (C=O) groups is 1. The Hall–Kier alpha value is -1.03. The Kier molecular flexibility index (Phi) is 2.70. The highest BCUT2D eigenvalue weighted by molar-refractivity contribution is 5.67. The van der Waals surface area contributed by atoms with Crippen LogP contribution in [-0.4, -0.2) is 18.9 Å². The topological polar surface area (TPSA) is 44.8 Å². The zero-order chi connectivity index (χ0) is 9.14. The fourth-order valence-electron chi connectivity index (χ4n) is 0.918. The fraction of sp³-hybridized carbons (Fsp3) is 0.625. The maximum atomic E-state index is 10.6. The van der Waals surface area contributed by atoms with Crippen molar-refractivity contribution in [1.29, 1.82) is 0 Å². The molecule has 12 heavy (non-hydrogen) atoms. The Morgan fingerprint density at radius 2 is 2.33 bits per heavy atom. The molecule has 0 aliphatic carbocycles. The van der Waals surface area contributed by atoms with E-state index in [1.54, 1.807) is 13.8 Å². The first-order valence-corrected chi connectivity index (χ1v) is 3.76. The highest BCUT2D eigenvalue weighted by atomic mass is 16.7. The lowest BCUT2D eigenvalue weighted by atomic mass is 10.4. The quantitative estimate of drug-likeness (QED) is 0.557. The van der Waals surface area contributed by atoms with Gasteiger partial charge in [-0.3, -0.25) is 4.79 Å². The maximum absolute atomic E-state index is 10.6. The number of hydrogen-bond donors (Lipinski definition) is 0. The van der Waals surface area contributed by atoms with Crippen LogP contribution in [0.15, 0.2) is 11.5 Å². The molecule has 4 heteroatoms. The molecule has 0 N–H and O–H groups in total. The lowest BCUT2D eigenvalue weighted by molar-refractivity contribution is -0.151. The van der Waals surface area contributed by atoms with Crippen molar-refractivity contribution in [2.24, 2.45) is 0 Å². The van der Waals surface area contributed by atoms with Gasteiger partial charge in [-0.25, -0.2) is 0 Å². The van der Waals surface area contributed by atoms with E-state index in [4.69, 9.17) is 14.2 Å². The minimum Gasteiger partial charge on any atom is -0.466 e. The number of hydrogen-bond acceptors (Lipinski definition) is 4. The van der Waals surface area contributed by atoms with E-state index in [0.717, 1.165) is 0 Å². The third-order valence-corrected chi connectivity index (χ3v) is 1.45. The van der Waals surface area contributed by atoms with E-state index < -0.39 is 0 Å². The van der Waals surface area contributed by atoms with Gasteiger partial charge in [0, 0.05) is 6.92 Å². The van der Waals surface area contributed by atoms with Gasteiger partial charge in [-0.1, -0.05) is 0 Å². The predicted octanol–water partition coefficient (Wildman–Crippen LogP) is 1.17. The summed E-state index contributed by atoms with van der Waals surface area (Å²) in [6, 6.07) is 0. The van der Waals surface area contributed by atoms with E-state index in [-0.39, 0.29) is 12.3 Å². The van der Waals surface area contributed by atoms with Crippen molar-refractivity contribution in [3.05, 3.63) is 11.5 Å². The van der Waals surface area contributed by atoms with E-state index in [0.29, 0.717) is 18.1 Å². The van der Waals surface area contributed by atoms with Crippen LogP contribution in [-0.2, 0) is 19.0 Å². The van der Waals surface area contributed by atoms with Gasteiger partial charge in [0.15, 0.2) is 12.0 Å². The van der Waals surface area contributed by atoms with Crippen molar-refractivity contribution in [2.75, 3.05) is 6.61 Å². The van der Waals surface area contributed by atoms with Crippen LogP contribution in [0.3, 0.4) is 0 Å². The molecule has 1 aliphatic rings. The molecule has 1 heterocycles. The Morgan fingerprint density at radius 3 is 2.83 bits per heavy atom. The van der Waals surface area contributed by atoms with Crippen LogP contribution >= 0.6 is 0 Å². The largest absolute Gasteiger partial charge is 0.466 e. The van der Waals surface area contributed by atoms with Crippen LogP contribution in [0.25, 0.3) is 0 Å². The van der Waals surface area contributed by atoms with Crippen molar-refractivity contribution in [3.63, 3.8) is 0 Å². The Morgan fingerprint density at radius 1 is 1.67 bits per heavy atom. The zero-order valence-electron chi connectivity index (χ0n) is 7.42. The van der Waals surface area contributed by atoms with Gasteiger partial charge in [0.2, 0.25) is 0 Å². The van der Waals surface area contributed by atoms with Crippen LogP contribution < -0.4 is 0 Å². The summed E-state index contributed by atoms with van der Waals surface area (Å²) in [4.78, 5) is 10.6. The smallest absolute Gasteiger partial charge is 0.307 e. The van der Waals surface area contributed by atoms with E-state index in [1.807, 2.05) is 0 Å². The van der Waals surface area contributed by atoms with Gasteiger partial charge in [-0.2, -0.15) is 0 Å². The van der Waals surface area contributed by atoms with Crippen LogP contribution in [0, 0.1) is 0 Å². The third-order valence-electron chi connectivity index (χ3n) is 1.45. The Labute approximate surface area is 71.1 Å². The normalized spacial score (nSPS) is 23.4. The van der Waals surface area contributed by atoms with Crippen molar-refractivity contribution >= 4 is 5.97 Å². The molecule has 0 aromatic rings. The molecular formula is C8H12O4. The van der Waals surface area contributed by atoms with E-state index >= 15 is 0 Å². The molecule has 0 radical (unpaired) electrons. The van der Waals surface area contributed by atoms with Gasteiger partial charge in [0.25, 0.3) is 0 Å². The lowest BCUT2D eigenvalue weighted by Gasteiger charge is -2.23. The van der Waals surface area contributed by atoms with Crippen molar-refractivity contribution in [2.45, 2.75) is 27.1 Å². The highest BCUT2D eigenvalue weighted by Gasteiger charge is 2.18. The minimum absolute atomic E-state index is 0.260. The first kappa shape index (κ1) is 9.06. The molecule has 0 aromatic heterocycles. The number of esters is 1. The van der Waals surface area contributed by atoms with Gasteiger partial charge in [0.05, 0.1) is 0 Å². The lowest BCUT2D eigenvalue weighted by Crippen LogP contribution is -2.23. The van der Waals surface area contributed by atoms with Crippen molar-refractivity contribution in [1.82, 2.24) is 0 Å². The molecule has 0 saturated heterocycles. The Balaban J connectivity index is 2.62. The SMILES string of the molecule is CC(=O)OC1=C(C)OC(C)OC1. The van der Waals surface area contributed by atoms with Gasteiger partial charge in [-0.15, -0.1) is 0 Å². The molecule has 4 nitrogen and oxygen atoms in total. The third kappa shape index (κ3) is 2.23. The molecule has 0 spiro atoms. The van der Waals surface area contributed by atoms with Gasteiger partial charge in [0.1, 0.15) is 12.4 Å². The number of allylic oxidation sites excluding steroid dienone is 1. The summed E-state index contributed by atoms with van der Waals surface area (Å²) in [5, 5.41) is 0. The molecule has 1 atom stereocenters. The summed E-state index contributed by atoms with van der Waals surface area (Å²) in [6.45, 7) is 5.18. The van der Waals surface area contributed by atoms with Crippen LogP contribution in [0.5, 0.6) is 0 Å². The summed E-state index contributed by atoms with van der Waals surface area (Å²) in [7, 11) is 0. The fourth-order valence-corrected chi connectivity index (χ4v) is 0.918. The molecule has 0 bridgehead atoms. The van der Waals surface area contributed by atoms with Crippen molar-refractivity contribution < 1.29 is 19.0 Å². The molecular weight excluding hydrogens is 160 g/mol. The van der Waals surface area contributed by atoms with E-state index in [9.17, 15) is 4.79 Å². The van der Waals surface area contributed by atoms with Crippen LogP contribution in [0.1, 0.15) is 20.8 Å². The monoisotopic (exact) mass is 172 g/mol. The summed E-state index contributed by atoms with van der Waals surface area (Å²) >= 11 is 0. The maximum Gasteiger partial charge on any atom is 0.307 e. The standard InChI is InChI=1S/C8H12O4/c1-5-8(12-6(2)9)4-10-7(3)11-5/h7H,4H2,1-3H3. The van der Waals surface area contributed by atoms with E-state index in [1.165, 1.54) is 6.92 Å². The second-order valence-electron chi connectivity index (χ2n) is 2.57. The van der Waals surface area contributed by atoms with Crippen LogP contribution in [0.2, 0.25) is 0 Å². The molecule has 0 saturated carbocycles. The van der Waals surface area contributed by atoms with Crippen LogP contribution in [0.4, 0.5) is 0 Å². The highest BCUT2D eigenvalue weighted by Crippen LogP contribution is 2.17. The number of carbonyl (C=O) groups excluding carboxylic acids is 1. The zero-order valence-corrected chi connectivity index (χ0v) is 7.42. The van der Waals surface area contributed by atoms with Gasteiger partial charge in [-0.05, 0) is 13.8 Å². The average molecular weight is 172 g/mol.